The van der Waals surface area contributed by atoms with Gasteiger partial charge < -0.3 is 15.2 Å². The fourth-order valence-electron chi connectivity index (χ4n) is 3.46. The third-order valence-corrected chi connectivity index (χ3v) is 5.69. The number of hydrogen-bond donors (Lipinski definition) is 2. The van der Waals surface area contributed by atoms with Crippen LogP contribution in [-0.2, 0) is 0 Å². The molecule has 0 aliphatic carbocycles. The SMILES string of the molecule is COc1c(C#N)cc2ccccc2c1C(=O)NCC(CCO)c1ccc(Cl)c(Cl)c1. The maximum absolute atomic E-state index is 13.2. The second kappa shape index (κ2) is 9.82. The molecule has 0 heterocycles. The molecule has 1 unspecified atom stereocenters. The predicted octanol–water partition coefficient (Wildman–Crippen LogP) is 4.92. The fourth-order valence-corrected chi connectivity index (χ4v) is 3.77. The van der Waals surface area contributed by atoms with Crippen molar-refractivity contribution in [3.63, 3.8) is 0 Å². The van der Waals surface area contributed by atoms with Gasteiger partial charge in [-0.1, -0.05) is 53.5 Å². The number of hydrogen-bond acceptors (Lipinski definition) is 4. The van der Waals surface area contributed by atoms with Crippen molar-refractivity contribution in [3.05, 3.63) is 75.3 Å². The van der Waals surface area contributed by atoms with Gasteiger partial charge in [-0.25, -0.2) is 0 Å². The first-order valence-corrected chi connectivity index (χ1v) is 10.1. The zero-order chi connectivity index (χ0) is 21.7. The number of benzene rings is 3. The Balaban J connectivity index is 1.94. The van der Waals surface area contributed by atoms with Gasteiger partial charge in [0.1, 0.15) is 11.8 Å². The number of amides is 1. The molecular formula is C23H20Cl2N2O3. The van der Waals surface area contributed by atoms with Crippen LogP contribution in [0.4, 0.5) is 0 Å². The second-order valence-corrected chi connectivity index (χ2v) is 7.57. The first kappa shape index (κ1) is 21.9. The molecule has 154 valence electrons. The van der Waals surface area contributed by atoms with Crippen LogP contribution in [0.3, 0.4) is 0 Å². The van der Waals surface area contributed by atoms with Gasteiger partial charge in [0.05, 0.1) is 28.3 Å². The van der Waals surface area contributed by atoms with E-state index < -0.39 is 0 Å². The molecule has 0 saturated carbocycles. The van der Waals surface area contributed by atoms with Crippen molar-refractivity contribution >= 4 is 39.9 Å². The highest BCUT2D eigenvalue weighted by Crippen LogP contribution is 2.32. The Bertz CT molecular complexity index is 1130. The molecule has 5 nitrogen and oxygen atoms in total. The van der Waals surface area contributed by atoms with Crippen LogP contribution in [0.2, 0.25) is 10.0 Å². The van der Waals surface area contributed by atoms with Crippen molar-refractivity contribution < 1.29 is 14.6 Å². The summed E-state index contributed by atoms with van der Waals surface area (Å²) in [6.07, 6.45) is 0.439. The van der Waals surface area contributed by atoms with Gasteiger partial charge in [0.25, 0.3) is 5.91 Å². The number of fused-ring (bicyclic) bond motifs is 1. The summed E-state index contributed by atoms with van der Waals surface area (Å²) in [6.45, 7) is 0.225. The maximum atomic E-state index is 13.2. The Morgan fingerprint density at radius 3 is 2.63 bits per heavy atom. The van der Waals surface area contributed by atoms with Crippen LogP contribution in [0.1, 0.15) is 33.8 Å². The predicted molar refractivity (Wildman–Crippen MR) is 118 cm³/mol. The van der Waals surface area contributed by atoms with Crippen molar-refractivity contribution in [2.75, 3.05) is 20.3 Å². The minimum absolute atomic E-state index is 0.0447. The molecule has 0 radical (unpaired) electrons. The number of nitrogens with zero attached hydrogens (tertiary/aromatic N) is 1. The van der Waals surface area contributed by atoms with Crippen molar-refractivity contribution in [1.82, 2.24) is 5.32 Å². The number of nitriles is 1. The highest BCUT2D eigenvalue weighted by molar-refractivity contribution is 6.42. The topological polar surface area (TPSA) is 82.3 Å². The van der Waals surface area contributed by atoms with Crippen LogP contribution in [0.5, 0.6) is 5.75 Å². The molecule has 0 saturated heterocycles. The number of carbonyl (C=O) groups excluding carboxylic acids is 1. The minimum Gasteiger partial charge on any atom is -0.495 e. The quantitative estimate of drug-likeness (QED) is 0.543. The van der Waals surface area contributed by atoms with E-state index in [-0.39, 0.29) is 36.3 Å². The number of aliphatic hydroxyl groups is 1. The zero-order valence-corrected chi connectivity index (χ0v) is 17.8. The standard InChI is InChI=1S/C23H20Cl2N2O3/c1-30-22-17(12-26)10-15-4-2-3-5-18(15)21(22)23(29)27-13-16(8-9-28)14-6-7-19(24)20(25)11-14/h2-7,10-11,16,28H,8-9,13H2,1H3,(H,27,29). The minimum atomic E-state index is -0.358. The lowest BCUT2D eigenvalue weighted by molar-refractivity contribution is 0.0948. The Morgan fingerprint density at radius 1 is 1.20 bits per heavy atom. The van der Waals surface area contributed by atoms with Gasteiger partial charge in [0.2, 0.25) is 0 Å². The van der Waals surface area contributed by atoms with Gasteiger partial charge in [0.15, 0.2) is 0 Å². The van der Waals surface area contributed by atoms with Gasteiger partial charge in [0, 0.05) is 19.1 Å². The summed E-state index contributed by atoms with van der Waals surface area (Å²) in [5.74, 6) is -0.282. The van der Waals surface area contributed by atoms with E-state index in [2.05, 4.69) is 11.4 Å². The van der Waals surface area contributed by atoms with E-state index in [4.69, 9.17) is 27.9 Å². The highest BCUT2D eigenvalue weighted by Gasteiger charge is 2.22. The number of methoxy groups -OCH3 is 1. The van der Waals surface area contributed by atoms with Crippen LogP contribution in [-0.4, -0.2) is 31.3 Å². The van der Waals surface area contributed by atoms with E-state index in [1.165, 1.54) is 7.11 Å². The molecule has 7 heteroatoms. The van der Waals surface area contributed by atoms with Crippen LogP contribution >= 0.6 is 23.2 Å². The summed E-state index contributed by atoms with van der Waals surface area (Å²) in [4.78, 5) is 13.2. The van der Waals surface area contributed by atoms with E-state index >= 15 is 0 Å². The van der Waals surface area contributed by atoms with E-state index in [0.717, 1.165) is 10.9 Å². The monoisotopic (exact) mass is 442 g/mol. The lowest BCUT2D eigenvalue weighted by atomic mass is 9.95. The molecule has 3 aromatic rings. The zero-order valence-electron chi connectivity index (χ0n) is 16.3. The molecule has 0 bridgehead atoms. The second-order valence-electron chi connectivity index (χ2n) is 6.76. The van der Waals surface area contributed by atoms with Crippen molar-refractivity contribution in [3.8, 4) is 11.8 Å². The van der Waals surface area contributed by atoms with Gasteiger partial charge in [-0.3, -0.25) is 4.79 Å². The molecule has 2 N–H and O–H groups in total. The Labute approximate surface area is 184 Å². The third-order valence-electron chi connectivity index (χ3n) is 4.95. The summed E-state index contributed by atoms with van der Waals surface area (Å²) in [5.41, 5.74) is 1.46. The highest BCUT2D eigenvalue weighted by atomic mass is 35.5. The Morgan fingerprint density at radius 2 is 1.97 bits per heavy atom. The summed E-state index contributed by atoms with van der Waals surface area (Å²) in [7, 11) is 1.44. The first-order chi connectivity index (χ1) is 14.5. The average molecular weight is 443 g/mol. The lowest BCUT2D eigenvalue weighted by Gasteiger charge is -2.19. The molecular weight excluding hydrogens is 423 g/mol. The van der Waals surface area contributed by atoms with E-state index in [1.807, 2.05) is 30.3 Å². The van der Waals surface area contributed by atoms with Crippen LogP contribution in [0.25, 0.3) is 10.8 Å². The normalized spacial score (nSPS) is 11.7. The number of carbonyl (C=O) groups is 1. The summed E-state index contributed by atoms with van der Waals surface area (Å²) >= 11 is 12.1. The number of aliphatic hydroxyl groups excluding tert-OH is 1. The van der Waals surface area contributed by atoms with Crippen LogP contribution < -0.4 is 10.1 Å². The maximum Gasteiger partial charge on any atom is 0.255 e. The molecule has 0 fully saturated rings. The molecule has 0 aromatic heterocycles. The molecule has 1 atom stereocenters. The largest absolute Gasteiger partial charge is 0.495 e. The molecule has 30 heavy (non-hydrogen) atoms. The number of rotatable bonds is 7. The smallest absolute Gasteiger partial charge is 0.255 e. The molecule has 0 spiro atoms. The van der Waals surface area contributed by atoms with E-state index in [0.29, 0.717) is 27.4 Å². The fraction of sp³-hybridized carbons (Fsp3) is 0.217. The van der Waals surface area contributed by atoms with E-state index in [1.54, 1.807) is 18.2 Å². The number of nitrogens with one attached hydrogen (secondary N) is 1. The summed E-state index contributed by atoms with van der Waals surface area (Å²) in [6, 6.07) is 16.4. The van der Waals surface area contributed by atoms with Crippen LogP contribution in [0, 0.1) is 11.3 Å². The molecule has 1 amide bonds. The van der Waals surface area contributed by atoms with Crippen LogP contribution in [0.15, 0.2) is 48.5 Å². The Hall–Kier alpha value is -2.78. The molecule has 3 rings (SSSR count). The lowest BCUT2D eigenvalue weighted by Crippen LogP contribution is -2.29. The van der Waals surface area contributed by atoms with Gasteiger partial charge in [-0.2, -0.15) is 5.26 Å². The van der Waals surface area contributed by atoms with Crippen molar-refractivity contribution in [2.45, 2.75) is 12.3 Å². The average Bonchev–Trinajstić information content (AvgIpc) is 2.76. The first-order valence-electron chi connectivity index (χ1n) is 9.34. The molecule has 0 aliphatic rings. The van der Waals surface area contributed by atoms with E-state index in [9.17, 15) is 15.2 Å². The van der Waals surface area contributed by atoms with Gasteiger partial charge in [-0.15, -0.1) is 0 Å². The summed E-state index contributed by atoms with van der Waals surface area (Å²) < 4.78 is 5.41. The number of halogens is 2. The number of ether oxygens (including phenoxy) is 1. The van der Waals surface area contributed by atoms with Crippen molar-refractivity contribution in [2.24, 2.45) is 0 Å². The Kier molecular flexibility index (Phi) is 7.17. The van der Waals surface area contributed by atoms with Gasteiger partial charge >= 0.3 is 0 Å². The molecule has 3 aromatic carbocycles. The third kappa shape index (κ3) is 4.52. The van der Waals surface area contributed by atoms with Crippen molar-refractivity contribution in [1.29, 1.82) is 5.26 Å². The van der Waals surface area contributed by atoms with Gasteiger partial charge in [-0.05, 0) is 41.0 Å². The molecule has 0 aliphatic heterocycles. The summed E-state index contributed by atoms with van der Waals surface area (Å²) in [5, 5.41) is 24.2.